The zero-order valence-corrected chi connectivity index (χ0v) is 40.6. The summed E-state index contributed by atoms with van der Waals surface area (Å²) in [6.45, 7) is 7.95. The summed E-state index contributed by atoms with van der Waals surface area (Å²) < 4.78 is 136. The van der Waals surface area contributed by atoms with Crippen LogP contribution in [0.4, 0.5) is 11.4 Å². The first-order chi connectivity index (χ1) is 28.6. The topological polar surface area (TPSA) is 264 Å². The number of anilines is 1. The van der Waals surface area contributed by atoms with Crippen molar-refractivity contribution in [3.63, 3.8) is 0 Å². The van der Waals surface area contributed by atoms with E-state index in [1.165, 1.54) is 42.5 Å². The molecule has 336 valence electrons. The van der Waals surface area contributed by atoms with E-state index in [9.17, 15) is 61.8 Å². The van der Waals surface area contributed by atoms with Crippen LogP contribution >= 0.6 is 0 Å². The van der Waals surface area contributed by atoms with E-state index < -0.39 is 73.7 Å². The van der Waals surface area contributed by atoms with E-state index in [1.807, 2.05) is 37.2 Å². The van der Waals surface area contributed by atoms with Crippen molar-refractivity contribution in [3.05, 3.63) is 125 Å². The smallest absolute Gasteiger partial charge is 1.00 e. The van der Waals surface area contributed by atoms with Gasteiger partial charge < -0.3 is 16.0 Å². The molecular formula is C42H49N2NaO14S4. The quantitative estimate of drug-likeness (QED) is 0.0469. The zero-order chi connectivity index (χ0) is 46.1. The van der Waals surface area contributed by atoms with Crippen molar-refractivity contribution in [1.82, 2.24) is 0 Å². The number of carboxylic acid groups (broad SMARTS) is 1. The number of hydrogen-bond acceptors (Lipinski definition) is 11. The third-order valence-corrected chi connectivity index (χ3v) is 14.2. The molecule has 0 bridgehead atoms. The van der Waals surface area contributed by atoms with Gasteiger partial charge in [-0.2, -0.15) is 29.8 Å². The van der Waals surface area contributed by atoms with Crippen LogP contribution in [-0.2, 0) is 51.3 Å². The Morgan fingerprint density at radius 2 is 1.37 bits per heavy atom. The van der Waals surface area contributed by atoms with Gasteiger partial charge in [-0.3, -0.25) is 13.7 Å². The summed E-state index contributed by atoms with van der Waals surface area (Å²) in [6.07, 6.45) is 11.4. The molecule has 2 aliphatic rings. The summed E-state index contributed by atoms with van der Waals surface area (Å²) in [5, 5.41) is 9.80. The maximum Gasteiger partial charge on any atom is 1.00 e. The Bertz CT molecular complexity index is 2910. The van der Waals surface area contributed by atoms with Crippen LogP contribution in [0.5, 0.6) is 0 Å². The first-order valence-electron chi connectivity index (χ1n) is 19.3. The molecule has 0 radical (unpaired) electrons. The van der Waals surface area contributed by atoms with Crippen molar-refractivity contribution < 1.29 is 97.3 Å². The predicted molar refractivity (Wildman–Crippen MR) is 234 cm³/mol. The number of carbonyl (C=O) groups is 1. The molecule has 4 N–H and O–H groups in total. The molecule has 0 saturated heterocycles. The minimum atomic E-state index is -4.80. The number of rotatable bonds is 18. The summed E-state index contributed by atoms with van der Waals surface area (Å²) in [5.41, 5.74) is 3.07. The van der Waals surface area contributed by atoms with Gasteiger partial charge in [0.15, 0.2) is 5.71 Å². The number of unbranched alkanes of at least 4 members (excludes halogenated alkanes) is 2. The summed E-state index contributed by atoms with van der Waals surface area (Å²) in [5.74, 6) is -2.07. The Kier molecular flexibility index (Phi) is 16.2. The fourth-order valence-corrected chi connectivity index (χ4v) is 9.92. The monoisotopic (exact) mass is 956 g/mol. The van der Waals surface area contributed by atoms with Gasteiger partial charge in [-0.05, 0) is 98.4 Å². The molecular weight excluding hydrogens is 908 g/mol. The van der Waals surface area contributed by atoms with Crippen LogP contribution in [0, 0.1) is 0 Å². The third kappa shape index (κ3) is 12.7. The molecule has 0 atom stereocenters. The van der Waals surface area contributed by atoms with Crippen molar-refractivity contribution in [2.75, 3.05) is 29.5 Å². The number of nitrogens with zero attached hydrogens (tertiary/aromatic N) is 2. The maximum absolute atomic E-state index is 12.1. The fraction of sp³-hybridized carbons (Fsp3) is 0.333. The number of fused-ring (bicyclic) bond motifs is 2. The Hall–Kier alpha value is -3.80. The van der Waals surface area contributed by atoms with Gasteiger partial charge in [-0.1, -0.05) is 50.3 Å². The van der Waals surface area contributed by atoms with E-state index in [-0.39, 0.29) is 67.4 Å². The van der Waals surface area contributed by atoms with Gasteiger partial charge >= 0.3 is 35.5 Å². The standard InChI is InChI=1S/C42H48N2O14S4.Na.H/c1-41(2)34-27-32(61(53,54)55)18-20-36(34)43(22-5-7-24-59(47,48)49)38(41)16-10-12-29(30-14-9-15-31(26-30)40(45)46)13-11-17-39-42(3,4)35-28-33(62(56,57)58)19-21-37(35)44(39)23-6-8-25-60(50,51)52;;/h9-21,26-28H,5-8,22-25H2,1-4H3,(H4-,45,46,47,48,49,50,51,52,53,54,55,56,57,58);;/q;+1;-1. The summed E-state index contributed by atoms with van der Waals surface area (Å²) in [4.78, 5) is 13.2. The molecule has 3 aromatic rings. The minimum Gasteiger partial charge on any atom is -1.00 e. The van der Waals surface area contributed by atoms with Crippen molar-refractivity contribution in [2.24, 2.45) is 0 Å². The molecule has 2 heterocycles. The van der Waals surface area contributed by atoms with E-state index in [2.05, 4.69) is 0 Å². The minimum absolute atomic E-state index is 0. The fourth-order valence-electron chi connectivity index (χ4n) is 7.78. The summed E-state index contributed by atoms with van der Waals surface area (Å²) in [7, 11) is -17.8. The van der Waals surface area contributed by atoms with Crippen LogP contribution < -0.4 is 34.5 Å². The molecule has 63 heavy (non-hydrogen) atoms. The molecule has 16 nitrogen and oxygen atoms in total. The van der Waals surface area contributed by atoms with Crippen molar-refractivity contribution in [2.45, 2.75) is 74.0 Å². The van der Waals surface area contributed by atoms with E-state index >= 15 is 0 Å². The van der Waals surface area contributed by atoms with Gasteiger partial charge in [0.1, 0.15) is 16.7 Å². The largest absolute Gasteiger partial charge is 1.00 e. The molecule has 0 aromatic heterocycles. The second kappa shape index (κ2) is 19.7. The number of allylic oxidation sites excluding steroid dienone is 8. The van der Waals surface area contributed by atoms with E-state index in [0.717, 1.165) is 0 Å². The number of benzene rings is 3. The SMILES string of the molecule is CC1(C)C(=CC=CC(=CC=CC2=[N+](CCCCS(=O)(=O)O)c3ccc(S(=O)(=O)[O-])cc3C2(C)C)c2cccc(C(=O)O)c2)N(CCCCS(=O)(=O)O)c2ccc(S(=O)(=O)O)cc21.[H-].[Na+]. The third-order valence-electron chi connectivity index (χ3n) is 10.9. The van der Waals surface area contributed by atoms with Crippen LogP contribution in [-0.4, -0.2) is 97.8 Å². The average molecular weight is 957 g/mol. The van der Waals surface area contributed by atoms with Crippen LogP contribution in [0.15, 0.2) is 113 Å². The molecule has 0 fully saturated rings. The molecule has 5 rings (SSSR count). The molecule has 0 amide bonds. The normalized spacial score (nSPS) is 17.1. The zero-order valence-electron chi connectivity index (χ0n) is 36.3. The first kappa shape index (κ1) is 51.8. The number of aromatic carboxylic acids is 1. The van der Waals surface area contributed by atoms with Crippen LogP contribution in [0.2, 0.25) is 0 Å². The van der Waals surface area contributed by atoms with E-state index in [4.69, 9.17) is 0 Å². The second-order valence-electron chi connectivity index (χ2n) is 16.0. The summed E-state index contributed by atoms with van der Waals surface area (Å²) >= 11 is 0. The molecule has 3 aromatic carbocycles. The van der Waals surface area contributed by atoms with Crippen molar-refractivity contribution in [3.8, 4) is 0 Å². The second-order valence-corrected chi connectivity index (χ2v) is 21.9. The van der Waals surface area contributed by atoms with Gasteiger partial charge in [-0.25, -0.2) is 13.2 Å². The van der Waals surface area contributed by atoms with Crippen LogP contribution in [0.1, 0.15) is 81.9 Å². The molecule has 0 unspecified atom stereocenters. The molecule has 0 saturated carbocycles. The van der Waals surface area contributed by atoms with Gasteiger partial charge in [0.2, 0.25) is 5.69 Å². The Morgan fingerprint density at radius 3 is 1.97 bits per heavy atom. The van der Waals surface area contributed by atoms with Gasteiger partial charge in [-0.15, -0.1) is 0 Å². The Labute approximate surface area is 392 Å². The predicted octanol–water partition coefficient (Wildman–Crippen LogP) is 3.24. The summed E-state index contributed by atoms with van der Waals surface area (Å²) in [6, 6.07) is 14.5. The molecule has 21 heteroatoms. The van der Waals surface area contributed by atoms with Gasteiger partial charge in [0.05, 0.1) is 32.3 Å². The van der Waals surface area contributed by atoms with Gasteiger partial charge in [0, 0.05) is 47.5 Å². The Morgan fingerprint density at radius 1 is 0.762 bits per heavy atom. The first-order valence-corrected chi connectivity index (χ1v) is 25.3. The molecule has 0 spiro atoms. The average Bonchev–Trinajstić information content (AvgIpc) is 3.50. The molecule has 2 aliphatic heterocycles. The maximum atomic E-state index is 12.1. The van der Waals surface area contributed by atoms with Gasteiger partial charge in [0.25, 0.3) is 30.4 Å². The van der Waals surface area contributed by atoms with Crippen molar-refractivity contribution >= 4 is 69.1 Å². The van der Waals surface area contributed by atoms with Crippen LogP contribution in [0.25, 0.3) is 5.57 Å². The van der Waals surface area contributed by atoms with E-state index in [0.29, 0.717) is 57.9 Å². The van der Waals surface area contributed by atoms with Crippen molar-refractivity contribution in [1.29, 1.82) is 0 Å². The number of carboxylic acids is 1. The van der Waals surface area contributed by atoms with Crippen LogP contribution in [0.3, 0.4) is 0 Å². The Balaban J connectivity index is 0.00000544. The number of hydrogen-bond donors (Lipinski definition) is 4. The molecule has 0 aliphatic carbocycles. The van der Waals surface area contributed by atoms with E-state index in [1.54, 1.807) is 54.7 Å².